The second-order valence-corrected chi connectivity index (χ2v) is 7.79. The van der Waals surface area contributed by atoms with Crippen molar-refractivity contribution in [2.45, 2.75) is 32.8 Å². The second-order valence-electron chi connectivity index (χ2n) is 7.79. The van der Waals surface area contributed by atoms with Crippen molar-refractivity contribution in [3.05, 3.63) is 35.4 Å². The van der Waals surface area contributed by atoms with E-state index in [2.05, 4.69) is 5.32 Å². The van der Waals surface area contributed by atoms with E-state index in [-0.39, 0.29) is 17.9 Å². The van der Waals surface area contributed by atoms with Crippen molar-refractivity contribution in [3.8, 4) is 11.5 Å². The van der Waals surface area contributed by atoms with Gasteiger partial charge in [-0.2, -0.15) is 0 Å². The number of piperidine rings is 1. The fourth-order valence-electron chi connectivity index (χ4n) is 3.12. The molecule has 1 aromatic rings. The maximum absolute atomic E-state index is 12.4. The van der Waals surface area contributed by atoms with Crippen molar-refractivity contribution >= 4 is 11.8 Å². The Balaban J connectivity index is 1.98. The lowest BCUT2D eigenvalue weighted by atomic mass is 10.1. The average Bonchev–Trinajstić information content (AvgIpc) is 2.67. The van der Waals surface area contributed by atoms with Gasteiger partial charge >= 0.3 is 0 Å². The molecule has 0 aliphatic carbocycles. The average molecular weight is 404 g/mol. The number of ether oxygens (including phenoxy) is 2. The first kappa shape index (κ1) is 22.7. The lowest BCUT2D eigenvalue weighted by Crippen LogP contribution is -2.41. The summed E-state index contributed by atoms with van der Waals surface area (Å²) in [7, 11) is 5.51. The number of hydrogen-bond acceptors (Lipinski definition) is 5. The molecule has 2 rings (SSSR count). The SMILES string of the molecule is COc1ccc(C(=O)NCCN(C)C)cc1OC1CCN(C(=O)C=C(C)C)CC1. The fraction of sp³-hybridized carbons (Fsp3) is 0.545. The van der Waals surface area contributed by atoms with Gasteiger partial charge in [-0.1, -0.05) is 5.57 Å². The van der Waals surface area contributed by atoms with Gasteiger partial charge < -0.3 is 24.6 Å². The highest BCUT2D eigenvalue weighted by molar-refractivity contribution is 5.94. The Morgan fingerprint density at radius 2 is 1.90 bits per heavy atom. The predicted octanol–water partition coefficient (Wildman–Crippen LogP) is 2.32. The number of carbonyl (C=O) groups excluding carboxylic acids is 2. The summed E-state index contributed by atoms with van der Waals surface area (Å²) in [5.74, 6) is 1.07. The molecule has 1 aliphatic heterocycles. The van der Waals surface area contributed by atoms with Gasteiger partial charge in [0.05, 0.1) is 7.11 Å². The summed E-state index contributed by atoms with van der Waals surface area (Å²) in [6.45, 7) is 6.50. The first-order chi connectivity index (χ1) is 13.8. The largest absolute Gasteiger partial charge is 0.493 e. The minimum Gasteiger partial charge on any atom is -0.493 e. The van der Waals surface area contributed by atoms with E-state index in [1.54, 1.807) is 31.4 Å². The Kier molecular flexibility index (Phi) is 8.51. The van der Waals surface area contributed by atoms with E-state index in [9.17, 15) is 9.59 Å². The summed E-state index contributed by atoms with van der Waals surface area (Å²) in [4.78, 5) is 28.4. The van der Waals surface area contributed by atoms with Gasteiger partial charge in [0.1, 0.15) is 6.10 Å². The molecule has 0 bridgehead atoms. The normalized spacial score (nSPS) is 14.5. The molecular formula is C22H33N3O4. The van der Waals surface area contributed by atoms with E-state index in [0.29, 0.717) is 36.7 Å². The molecule has 0 aromatic heterocycles. The molecule has 0 unspecified atom stereocenters. The van der Waals surface area contributed by atoms with Crippen LogP contribution >= 0.6 is 0 Å². The highest BCUT2D eigenvalue weighted by Gasteiger charge is 2.24. The number of nitrogens with one attached hydrogen (secondary N) is 1. The number of methoxy groups -OCH3 is 1. The second kappa shape index (κ2) is 10.9. The molecule has 7 nitrogen and oxygen atoms in total. The van der Waals surface area contributed by atoms with Crippen molar-refractivity contribution < 1.29 is 19.1 Å². The van der Waals surface area contributed by atoms with Gasteiger partial charge in [0.25, 0.3) is 5.91 Å². The van der Waals surface area contributed by atoms with Crippen LogP contribution in [0.4, 0.5) is 0 Å². The van der Waals surface area contributed by atoms with Gasteiger partial charge in [0.2, 0.25) is 5.91 Å². The molecule has 2 amide bonds. The van der Waals surface area contributed by atoms with E-state index in [4.69, 9.17) is 9.47 Å². The summed E-state index contributed by atoms with van der Waals surface area (Å²) >= 11 is 0. The van der Waals surface area contributed by atoms with Gasteiger partial charge in [-0.05, 0) is 46.1 Å². The topological polar surface area (TPSA) is 71.1 Å². The van der Waals surface area contributed by atoms with Crippen LogP contribution in [-0.4, -0.2) is 75.1 Å². The molecule has 0 radical (unpaired) electrons. The minimum absolute atomic E-state index is 0.0216. The van der Waals surface area contributed by atoms with Crippen LogP contribution in [0.2, 0.25) is 0 Å². The number of benzene rings is 1. The smallest absolute Gasteiger partial charge is 0.251 e. The quantitative estimate of drug-likeness (QED) is 0.675. The molecular weight excluding hydrogens is 370 g/mol. The van der Waals surface area contributed by atoms with Crippen molar-refractivity contribution in [2.75, 3.05) is 47.4 Å². The van der Waals surface area contributed by atoms with Gasteiger partial charge in [-0.25, -0.2) is 0 Å². The number of amides is 2. The van der Waals surface area contributed by atoms with Crippen molar-refractivity contribution in [1.29, 1.82) is 0 Å². The zero-order valence-electron chi connectivity index (χ0n) is 18.2. The van der Waals surface area contributed by atoms with Gasteiger partial charge in [-0.3, -0.25) is 9.59 Å². The molecule has 0 saturated carbocycles. The molecule has 29 heavy (non-hydrogen) atoms. The number of allylic oxidation sites excluding steroid dienone is 1. The lowest BCUT2D eigenvalue weighted by molar-refractivity contribution is -0.127. The maximum Gasteiger partial charge on any atom is 0.251 e. The molecule has 1 aromatic carbocycles. The number of rotatable bonds is 8. The Morgan fingerprint density at radius 3 is 2.48 bits per heavy atom. The summed E-state index contributed by atoms with van der Waals surface area (Å²) in [6, 6.07) is 5.21. The minimum atomic E-state index is -0.138. The predicted molar refractivity (Wildman–Crippen MR) is 114 cm³/mol. The standard InChI is InChI=1S/C22H33N3O4/c1-16(2)14-21(26)25-11-8-18(9-12-25)29-20-15-17(6-7-19(20)28-5)22(27)23-10-13-24(3)4/h6-7,14-15,18H,8-13H2,1-5H3,(H,23,27). The number of hydrogen-bond donors (Lipinski definition) is 1. The Morgan fingerprint density at radius 1 is 1.21 bits per heavy atom. The highest BCUT2D eigenvalue weighted by Crippen LogP contribution is 2.31. The number of carbonyl (C=O) groups is 2. The third kappa shape index (κ3) is 7.09. The van der Waals surface area contributed by atoms with Crippen LogP contribution in [0.15, 0.2) is 29.8 Å². The molecule has 160 valence electrons. The van der Waals surface area contributed by atoms with Gasteiger partial charge in [0, 0.05) is 50.7 Å². The van der Waals surface area contributed by atoms with Gasteiger partial charge in [-0.15, -0.1) is 0 Å². The molecule has 1 fully saturated rings. The van der Waals surface area contributed by atoms with Crippen LogP contribution in [0, 0.1) is 0 Å². The van der Waals surface area contributed by atoms with Crippen LogP contribution < -0.4 is 14.8 Å². The van der Waals surface area contributed by atoms with Crippen LogP contribution in [0.25, 0.3) is 0 Å². The monoisotopic (exact) mass is 403 g/mol. The van der Waals surface area contributed by atoms with Crippen LogP contribution in [0.5, 0.6) is 11.5 Å². The Labute approximate surface area is 173 Å². The fourth-order valence-corrected chi connectivity index (χ4v) is 3.12. The maximum atomic E-state index is 12.4. The third-order valence-electron chi connectivity index (χ3n) is 4.73. The first-order valence-corrected chi connectivity index (χ1v) is 10.0. The molecule has 1 saturated heterocycles. The number of likely N-dealkylation sites (N-methyl/N-ethyl adjacent to an activating group) is 1. The molecule has 7 heteroatoms. The van der Waals surface area contributed by atoms with Gasteiger partial charge in [0.15, 0.2) is 11.5 Å². The summed E-state index contributed by atoms with van der Waals surface area (Å²) < 4.78 is 11.6. The molecule has 1 heterocycles. The van der Waals surface area contributed by atoms with E-state index >= 15 is 0 Å². The Hall–Kier alpha value is -2.54. The van der Waals surface area contributed by atoms with Crippen LogP contribution in [0.1, 0.15) is 37.0 Å². The van der Waals surface area contributed by atoms with E-state index < -0.39 is 0 Å². The molecule has 1 aliphatic rings. The number of nitrogens with zero attached hydrogens (tertiary/aromatic N) is 2. The van der Waals surface area contributed by atoms with E-state index in [1.165, 1.54) is 0 Å². The van der Waals surface area contributed by atoms with E-state index in [0.717, 1.165) is 25.0 Å². The van der Waals surface area contributed by atoms with Crippen molar-refractivity contribution in [2.24, 2.45) is 0 Å². The Bertz CT molecular complexity index is 734. The summed E-state index contributed by atoms with van der Waals surface area (Å²) in [5.41, 5.74) is 1.54. The summed E-state index contributed by atoms with van der Waals surface area (Å²) in [5, 5.41) is 2.91. The number of likely N-dealkylation sites (tertiary alicyclic amines) is 1. The third-order valence-corrected chi connectivity index (χ3v) is 4.73. The molecule has 1 N–H and O–H groups in total. The van der Waals surface area contributed by atoms with E-state index in [1.807, 2.05) is 37.7 Å². The van der Waals surface area contributed by atoms with Crippen LogP contribution in [0.3, 0.4) is 0 Å². The first-order valence-electron chi connectivity index (χ1n) is 10.0. The van der Waals surface area contributed by atoms with Crippen molar-refractivity contribution in [1.82, 2.24) is 15.1 Å². The summed E-state index contributed by atoms with van der Waals surface area (Å²) in [6.07, 6.45) is 3.13. The zero-order chi connectivity index (χ0) is 21.4. The van der Waals surface area contributed by atoms with Crippen molar-refractivity contribution in [3.63, 3.8) is 0 Å². The molecule has 0 spiro atoms. The lowest BCUT2D eigenvalue weighted by Gasteiger charge is -2.32. The highest BCUT2D eigenvalue weighted by atomic mass is 16.5. The van der Waals surface area contributed by atoms with Crippen LogP contribution in [-0.2, 0) is 4.79 Å². The zero-order valence-corrected chi connectivity index (χ0v) is 18.2. The molecule has 0 atom stereocenters.